The lowest BCUT2D eigenvalue weighted by Gasteiger charge is -2.27. The Kier molecular flexibility index (Phi) is 5.44. The monoisotopic (exact) mass is 455 g/mol. The molecule has 32 heavy (non-hydrogen) atoms. The van der Waals surface area contributed by atoms with Gasteiger partial charge in [0.2, 0.25) is 10.0 Å². The van der Waals surface area contributed by atoms with Crippen LogP contribution in [-0.4, -0.2) is 71.0 Å². The summed E-state index contributed by atoms with van der Waals surface area (Å²) in [6.07, 6.45) is 3.53. The van der Waals surface area contributed by atoms with Crippen molar-refractivity contribution in [3.8, 4) is 0 Å². The van der Waals surface area contributed by atoms with Gasteiger partial charge in [-0.3, -0.25) is 9.20 Å². The number of hydrogen-bond donors (Lipinski definition) is 0. The third-order valence-corrected chi connectivity index (χ3v) is 8.09. The van der Waals surface area contributed by atoms with Gasteiger partial charge in [-0.15, -0.1) is 10.2 Å². The average Bonchev–Trinajstić information content (AvgIpc) is 3.46. The number of aromatic nitrogens is 3. The number of pyridine rings is 1. The topological polar surface area (TPSA) is 97.1 Å². The molecule has 0 radical (unpaired) electrons. The molecule has 0 bridgehead atoms. The zero-order valence-electron chi connectivity index (χ0n) is 17.8. The Morgan fingerprint density at radius 3 is 2.72 bits per heavy atom. The normalized spacial score (nSPS) is 20.2. The van der Waals surface area contributed by atoms with E-state index in [1.54, 1.807) is 17.0 Å². The van der Waals surface area contributed by atoms with Crippen LogP contribution in [0.4, 0.5) is 0 Å². The maximum atomic E-state index is 13.6. The SMILES string of the molecule is Cc1ccc(S(=O)(=O)N2CCOCC2)cc1C(=O)N1CCCC1c1nnc2ccccn12. The molecule has 5 rings (SSSR count). The summed E-state index contributed by atoms with van der Waals surface area (Å²) >= 11 is 0. The molecular weight excluding hydrogens is 430 g/mol. The first-order valence-electron chi connectivity index (χ1n) is 10.8. The minimum absolute atomic E-state index is 0.136. The Morgan fingerprint density at radius 1 is 1.09 bits per heavy atom. The summed E-state index contributed by atoms with van der Waals surface area (Å²) in [6, 6.07) is 10.3. The molecule has 2 saturated heterocycles. The molecule has 0 N–H and O–H groups in total. The van der Waals surface area contributed by atoms with E-state index in [0.717, 1.165) is 29.9 Å². The highest BCUT2D eigenvalue weighted by Crippen LogP contribution is 2.33. The highest BCUT2D eigenvalue weighted by Gasteiger charge is 2.35. The highest BCUT2D eigenvalue weighted by molar-refractivity contribution is 7.89. The number of likely N-dealkylation sites (tertiary alicyclic amines) is 1. The Labute approximate surface area is 186 Å². The number of hydrogen-bond acceptors (Lipinski definition) is 6. The number of nitrogens with zero attached hydrogens (tertiary/aromatic N) is 5. The lowest BCUT2D eigenvalue weighted by Crippen LogP contribution is -2.40. The number of fused-ring (bicyclic) bond motifs is 1. The van der Waals surface area contributed by atoms with E-state index in [9.17, 15) is 13.2 Å². The third-order valence-electron chi connectivity index (χ3n) is 6.20. The van der Waals surface area contributed by atoms with Gasteiger partial charge >= 0.3 is 0 Å². The Balaban J connectivity index is 1.48. The van der Waals surface area contributed by atoms with E-state index < -0.39 is 10.0 Å². The van der Waals surface area contributed by atoms with Crippen LogP contribution in [0, 0.1) is 6.92 Å². The lowest BCUT2D eigenvalue weighted by atomic mass is 10.1. The largest absolute Gasteiger partial charge is 0.379 e. The number of sulfonamides is 1. The molecule has 3 aromatic rings. The quantitative estimate of drug-likeness (QED) is 0.597. The van der Waals surface area contributed by atoms with Gasteiger partial charge in [0, 0.05) is 31.4 Å². The predicted octanol–water partition coefficient (Wildman–Crippen LogP) is 2.04. The Hall–Kier alpha value is -2.82. The van der Waals surface area contributed by atoms with Gasteiger partial charge in [0.15, 0.2) is 11.5 Å². The van der Waals surface area contributed by atoms with Crippen molar-refractivity contribution in [1.29, 1.82) is 0 Å². The molecule has 2 fully saturated rings. The van der Waals surface area contributed by atoms with Crippen LogP contribution < -0.4 is 0 Å². The molecular formula is C22H25N5O4S. The van der Waals surface area contributed by atoms with E-state index in [-0.39, 0.29) is 16.8 Å². The molecule has 2 aromatic heterocycles. The molecule has 1 amide bonds. The molecule has 0 aliphatic carbocycles. The molecule has 4 heterocycles. The van der Waals surface area contributed by atoms with E-state index in [0.29, 0.717) is 38.4 Å². The fraction of sp³-hybridized carbons (Fsp3) is 0.409. The summed E-state index contributed by atoms with van der Waals surface area (Å²) in [7, 11) is -3.69. The van der Waals surface area contributed by atoms with Crippen LogP contribution >= 0.6 is 0 Å². The fourth-order valence-corrected chi connectivity index (χ4v) is 5.88. The van der Waals surface area contributed by atoms with E-state index in [2.05, 4.69) is 10.2 Å². The summed E-state index contributed by atoms with van der Waals surface area (Å²) in [5, 5.41) is 8.57. The lowest BCUT2D eigenvalue weighted by molar-refractivity contribution is 0.0724. The van der Waals surface area contributed by atoms with Gasteiger partial charge in [-0.2, -0.15) is 4.31 Å². The van der Waals surface area contributed by atoms with Crippen molar-refractivity contribution in [3.63, 3.8) is 0 Å². The van der Waals surface area contributed by atoms with Gasteiger partial charge in [-0.25, -0.2) is 8.42 Å². The highest BCUT2D eigenvalue weighted by atomic mass is 32.2. The van der Waals surface area contributed by atoms with E-state index in [1.165, 1.54) is 10.4 Å². The minimum atomic E-state index is -3.69. The van der Waals surface area contributed by atoms with Crippen LogP contribution in [0.2, 0.25) is 0 Å². The molecule has 0 spiro atoms. The number of carbonyl (C=O) groups is 1. The average molecular weight is 456 g/mol. The van der Waals surface area contributed by atoms with Gasteiger partial charge in [-0.1, -0.05) is 12.1 Å². The van der Waals surface area contributed by atoms with Crippen molar-refractivity contribution < 1.29 is 17.9 Å². The first kappa shape index (κ1) is 21.0. The molecule has 1 unspecified atom stereocenters. The van der Waals surface area contributed by atoms with Crippen LogP contribution in [0.5, 0.6) is 0 Å². The smallest absolute Gasteiger partial charge is 0.254 e. The molecule has 2 aliphatic heterocycles. The molecule has 0 saturated carbocycles. The van der Waals surface area contributed by atoms with Crippen LogP contribution in [0.25, 0.3) is 5.65 Å². The number of amides is 1. The summed E-state index contributed by atoms with van der Waals surface area (Å²) in [5.74, 6) is 0.540. The third kappa shape index (κ3) is 3.58. The maximum absolute atomic E-state index is 13.6. The first-order chi connectivity index (χ1) is 15.5. The van der Waals surface area contributed by atoms with Crippen LogP contribution in [-0.2, 0) is 14.8 Å². The zero-order valence-corrected chi connectivity index (χ0v) is 18.7. The molecule has 168 valence electrons. The van der Waals surface area contributed by atoms with Crippen LogP contribution in [0.1, 0.15) is 40.6 Å². The number of aryl methyl sites for hydroxylation is 1. The van der Waals surface area contributed by atoms with Crippen LogP contribution in [0.15, 0.2) is 47.5 Å². The summed E-state index contributed by atoms with van der Waals surface area (Å²) < 4.78 is 34.8. The van der Waals surface area contributed by atoms with Gasteiger partial charge in [0.05, 0.1) is 24.2 Å². The van der Waals surface area contributed by atoms with E-state index in [1.807, 2.05) is 35.7 Å². The molecule has 10 heteroatoms. The van der Waals surface area contributed by atoms with E-state index in [4.69, 9.17) is 4.74 Å². The first-order valence-corrected chi connectivity index (χ1v) is 12.2. The van der Waals surface area contributed by atoms with Crippen molar-refractivity contribution in [2.45, 2.75) is 30.7 Å². The van der Waals surface area contributed by atoms with Crippen molar-refractivity contribution in [2.24, 2.45) is 0 Å². The van der Waals surface area contributed by atoms with Gasteiger partial charge in [0.25, 0.3) is 5.91 Å². The second-order valence-corrected chi connectivity index (χ2v) is 10.1. The van der Waals surface area contributed by atoms with Crippen molar-refractivity contribution >= 4 is 21.6 Å². The maximum Gasteiger partial charge on any atom is 0.254 e. The number of rotatable bonds is 4. The molecule has 9 nitrogen and oxygen atoms in total. The number of carbonyl (C=O) groups excluding carboxylic acids is 1. The number of morpholine rings is 1. The standard InChI is InChI=1S/C22H25N5O4S/c1-16-7-8-17(32(29,30)25-11-13-31-14-12-25)15-18(16)22(28)26-10-4-5-19(26)21-24-23-20-6-2-3-9-27(20)21/h2-3,6-9,15,19H,4-5,10-14H2,1H3. The van der Waals surface area contributed by atoms with Crippen LogP contribution in [0.3, 0.4) is 0 Å². The van der Waals surface area contributed by atoms with Gasteiger partial charge in [0.1, 0.15) is 0 Å². The summed E-state index contributed by atoms with van der Waals surface area (Å²) in [5.41, 5.74) is 1.88. The minimum Gasteiger partial charge on any atom is -0.379 e. The Morgan fingerprint density at radius 2 is 1.91 bits per heavy atom. The van der Waals surface area contributed by atoms with Crippen molar-refractivity contribution in [2.75, 3.05) is 32.8 Å². The summed E-state index contributed by atoms with van der Waals surface area (Å²) in [4.78, 5) is 15.5. The van der Waals surface area contributed by atoms with Crippen molar-refractivity contribution in [3.05, 3.63) is 59.5 Å². The summed E-state index contributed by atoms with van der Waals surface area (Å²) in [6.45, 7) is 3.79. The zero-order chi connectivity index (χ0) is 22.3. The number of ether oxygens (including phenoxy) is 1. The van der Waals surface area contributed by atoms with Gasteiger partial charge < -0.3 is 9.64 Å². The Bertz CT molecular complexity index is 1270. The molecule has 2 aliphatic rings. The molecule has 1 atom stereocenters. The second-order valence-electron chi connectivity index (χ2n) is 8.14. The second kappa shape index (κ2) is 8.27. The fourth-order valence-electron chi connectivity index (χ4n) is 4.45. The van der Waals surface area contributed by atoms with E-state index >= 15 is 0 Å². The van der Waals surface area contributed by atoms with Crippen molar-refractivity contribution in [1.82, 2.24) is 23.8 Å². The predicted molar refractivity (Wildman–Crippen MR) is 117 cm³/mol. The van der Waals surface area contributed by atoms with Gasteiger partial charge in [-0.05, 0) is 49.6 Å². The number of benzene rings is 1. The molecule has 1 aromatic carbocycles.